The Morgan fingerprint density at radius 2 is 2.00 bits per heavy atom. The van der Waals surface area contributed by atoms with Gasteiger partial charge in [-0.1, -0.05) is 0 Å². The Bertz CT molecular complexity index is 426. The van der Waals surface area contributed by atoms with Crippen LogP contribution in [0.5, 0.6) is 0 Å². The van der Waals surface area contributed by atoms with Crippen molar-refractivity contribution >= 4 is 35.0 Å². The average molecular weight is 273 g/mol. The zero-order valence-corrected chi connectivity index (χ0v) is 11.6. The molecule has 0 spiro atoms. The van der Waals surface area contributed by atoms with Gasteiger partial charge in [-0.2, -0.15) is 11.8 Å². The zero-order valence-electron chi connectivity index (χ0n) is 9.94. The monoisotopic (exact) mass is 273 g/mol. The van der Waals surface area contributed by atoms with Gasteiger partial charge in [-0.25, -0.2) is 4.79 Å². The molecule has 0 fully saturated rings. The lowest BCUT2D eigenvalue weighted by Crippen LogP contribution is -2.35. The Kier molecular flexibility index (Phi) is 4.59. The number of carboxylic acid groups (broad SMARTS) is 1. The van der Waals surface area contributed by atoms with E-state index in [0.717, 1.165) is 11.3 Å². The molecule has 0 atom stereocenters. The summed E-state index contributed by atoms with van der Waals surface area (Å²) in [7, 11) is 0. The van der Waals surface area contributed by atoms with Gasteiger partial charge >= 0.3 is 5.97 Å². The van der Waals surface area contributed by atoms with Gasteiger partial charge in [0.1, 0.15) is 4.88 Å². The summed E-state index contributed by atoms with van der Waals surface area (Å²) in [5.74, 6) is -1.22. The van der Waals surface area contributed by atoms with Gasteiger partial charge in [0.05, 0.1) is 4.88 Å². The van der Waals surface area contributed by atoms with Crippen molar-refractivity contribution in [1.82, 2.24) is 5.32 Å². The van der Waals surface area contributed by atoms with Gasteiger partial charge in [0.25, 0.3) is 5.91 Å². The fourth-order valence-corrected chi connectivity index (χ4v) is 2.01. The summed E-state index contributed by atoms with van der Waals surface area (Å²) >= 11 is 2.66. The molecule has 6 heteroatoms. The number of carbonyl (C=O) groups excluding carboxylic acids is 1. The second-order valence-electron chi connectivity index (χ2n) is 4.12. The molecule has 1 rings (SSSR count). The summed E-state index contributed by atoms with van der Waals surface area (Å²) in [6, 6.07) is 2.98. The number of amides is 1. The lowest BCUT2D eigenvalue weighted by atomic mass is 10.2. The van der Waals surface area contributed by atoms with E-state index in [1.54, 1.807) is 11.8 Å². The molecule has 1 aromatic rings. The van der Waals surface area contributed by atoms with Gasteiger partial charge in [-0.3, -0.25) is 4.79 Å². The number of hydrogen-bond donors (Lipinski definition) is 2. The number of hydrogen-bond acceptors (Lipinski definition) is 4. The van der Waals surface area contributed by atoms with E-state index in [1.165, 1.54) is 12.1 Å². The third-order valence-corrected chi connectivity index (χ3v) is 4.59. The smallest absolute Gasteiger partial charge is 0.345 e. The van der Waals surface area contributed by atoms with Gasteiger partial charge in [0.15, 0.2) is 0 Å². The maximum Gasteiger partial charge on any atom is 0.345 e. The van der Waals surface area contributed by atoms with Crippen LogP contribution in [0.25, 0.3) is 0 Å². The Hall–Kier alpha value is -1.01. The topological polar surface area (TPSA) is 66.4 Å². The molecule has 1 amide bonds. The lowest BCUT2D eigenvalue weighted by molar-refractivity contribution is 0.0702. The minimum atomic E-state index is -1.00. The van der Waals surface area contributed by atoms with Crippen LogP contribution in [-0.4, -0.2) is 34.5 Å². The summed E-state index contributed by atoms with van der Waals surface area (Å²) in [5.41, 5.74) is 0. The predicted molar refractivity (Wildman–Crippen MR) is 71.2 cm³/mol. The molecule has 0 saturated carbocycles. The summed E-state index contributed by atoms with van der Waals surface area (Å²) < 4.78 is -0.0253. The van der Waals surface area contributed by atoms with Crippen LogP contribution in [0.15, 0.2) is 12.1 Å². The third kappa shape index (κ3) is 4.05. The van der Waals surface area contributed by atoms with Crippen molar-refractivity contribution in [1.29, 1.82) is 0 Å². The van der Waals surface area contributed by atoms with Crippen LogP contribution in [0.1, 0.15) is 33.2 Å². The minimum Gasteiger partial charge on any atom is -0.477 e. The van der Waals surface area contributed by atoms with E-state index >= 15 is 0 Å². The summed E-state index contributed by atoms with van der Waals surface area (Å²) in [6.45, 7) is 4.62. The Morgan fingerprint density at radius 1 is 1.41 bits per heavy atom. The van der Waals surface area contributed by atoms with Gasteiger partial charge in [-0.05, 0) is 32.2 Å². The molecule has 0 aliphatic rings. The van der Waals surface area contributed by atoms with Crippen molar-refractivity contribution in [2.45, 2.75) is 18.6 Å². The molecule has 17 heavy (non-hydrogen) atoms. The lowest BCUT2D eigenvalue weighted by Gasteiger charge is -2.21. The molecule has 0 saturated heterocycles. The van der Waals surface area contributed by atoms with Crippen molar-refractivity contribution < 1.29 is 14.7 Å². The molecule has 0 aliphatic heterocycles. The van der Waals surface area contributed by atoms with E-state index in [9.17, 15) is 9.59 Å². The number of rotatable bonds is 5. The van der Waals surface area contributed by atoms with Crippen LogP contribution < -0.4 is 5.32 Å². The van der Waals surface area contributed by atoms with Crippen molar-refractivity contribution in [3.8, 4) is 0 Å². The first-order valence-corrected chi connectivity index (χ1v) is 7.06. The SMILES string of the molecule is CSC(C)(C)CNC(=O)c1ccc(C(=O)O)s1. The minimum absolute atomic E-state index is 0.0253. The van der Waals surface area contributed by atoms with E-state index < -0.39 is 5.97 Å². The third-order valence-electron chi connectivity index (χ3n) is 2.27. The Labute approximate surface area is 108 Å². The van der Waals surface area contributed by atoms with Crippen molar-refractivity contribution in [2.24, 2.45) is 0 Å². The van der Waals surface area contributed by atoms with E-state index in [2.05, 4.69) is 5.32 Å². The van der Waals surface area contributed by atoms with Crippen LogP contribution in [0.3, 0.4) is 0 Å². The van der Waals surface area contributed by atoms with Crippen molar-refractivity contribution in [2.75, 3.05) is 12.8 Å². The molecular formula is C11H15NO3S2. The first-order chi connectivity index (χ1) is 7.85. The first kappa shape index (κ1) is 14.1. The Morgan fingerprint density at radius 3 is 2.47 bits per heavy atom. The first-order valence-electron chi connectivity index (χ1n) is 5.02. The van der Waals surface area contributed by atoms with E-state index in [1.807, 2.05) is 20.1 Å². The van der Waals surface area contributed by atoms with Crippen LogP contribution >= 0.6 is 23.1 Å². The summed E-state index contributed by atoms with van der Waals surface area (Å²) in [5, 5.41) is 11.6. The van der Waals surface area contributed by atoms with Crippen molar-refractivity contribution in [3.05, 3.63) is 21.9 Å². The number of nitrogens with one attached hydrogen (secondary N) is 1. The van der Waals surface area contributed by atoms with Gasteiger partial charge in [0.2, 0.25) is 0 Å². The van der Waals surface area contributed by atoms with E-state index in [4.69, 9.17) is 5.11 Å². The number of carboxylic acids is 1. The van der Waals surface area contributed by atoms with Crippen molar-refractivity contribution in [3.63, 3.8) is 0 Å². The molecule has 94 valence electrons. The highest BCUT2D eigenvalue weighted by molar-refractivity contribution is 7.99. The fraction of sp³-hybridized carbons (Fsp3) is 0.455. The molecule has 0 aromatic carbocycles. The molecule has 0 radical (unpaired) electrons. The number of thioether (sulfide) groups is 1. The molecule has 0 unspecified atom stereocenters. The van der Waals surface area contributed by atoms with Gasteiger partial charge in [-0.15, -0.1) is 11.3 Å². The summed E-state index contributed by atoms with van der Waals surface area (Å²) in [6.07, 6.45) is 1.99. The van der Waals surface area contributed by atoms with Crippen LogP contribution in [0.4, 0.5) is 0 Å². The highest BCUT2D eigenvalue weighted by atomic mass is 32.2. The number of carbonyl (C=O) groups is 2. The van der Waals surface area contributed by atoms with Gasteiger partial charge in [0, 0.05) is 11.3 Å². The largest absolute Gasteiger partial charge is 0.477 e. The fourth-order valence-electron chi connectivity index (χ4n) is 1.03. The van der Waals surface area contributed by atoms with Crippen LogP contribution in [0.2, 0.25) is 0 Å². The highest BCUT2D eigenvalue weighted by Crippen LogP contribution is 2.20. The van der Waals surface area contributed by atoms with Gasteiger partial charge < -0.3 is 10.4 Å². The number of thiophene rings is 1. The zero-order chi connectivity index (χ0) is 13.1. The second kappa shape index (κ2) is 5.55. The van der Waals surface area contributed by atoms with Crippen LogP contribution in [0, 0.1) is 0 Å². The van der Waals surface area contributed by atoms with Crippen LogP contribution in [-0.2, 0) is 0 Å². The normalized spacial score (nSPS) is 11.2. The molecule has 2 N–H and O–H groups in total. The standard InChI is InChI=1S/C11H15NO3S2/c1-11(2,16-3)6-12-9(13)7-4-5-8(17-7)10(14)15/h4-5H,6H2,1-3H3,(H,12,13)(H,14,15). The molecule has 0 aliphatic carbocycles. The summed E-state index contributed by atoms with van der Waals surface area (Å²) in [4.78, 5) is 23.0. The van der Waals surface area contributed by atoms with E-state index in [-0.39, 0.29) is 15.5 Å². The highest BCUT2D eigenvalue weighted by Gasteiger charge is 2.18. The maximum absolute atomic E-state index is 11.7. The quantitative estimate of drug-likeness (QED) is 0.864. The molecular weight excluding hydrogens is 258 g/mol. The molecule has 1 aromatic heterocycles. The molecule has 0 bridgehead atoms. The molecule has 1 heterocycles. The molecule has 4 nitrogen and oxygen atoms in total. The average Bonchev–Trinajstić information content (AvgIpc) is 2.75. The second-order valence-corrected chi connectivity index (χ2v) is 6.71. The van der Waals surface area contributed by atoms with E-state index in [0.29, 0.717) is 11.4 Å². The Balaban J connectivity index is 2.61. The predicted octanol–water partition coefficient (Wildman–Crippen LogP) is 2.32. The number of aromatic carboxylic acids is 1. The maximum atomic E-state index is 11.7.